The van der Waals surface area contributed by atoms with Crippen LogP contribution in [0.2, 0.25) is 0 Å². The smallest absolute Gasteiger partial charge is 0.248 e. The Bertz CT molecular complexity index is 531. The molecule has 0 fully saturated rings. The Hall–Kier alpha value is -1.71. The van der Waals surface area contributed by atoms with Gasteiger partial charge in [-0.1, -0.05) is 32.9 Å². The highest BCUT2D eigenvalue weighted by atomic mass is 19.1. The zero-order valence-electron chi connectivity index (χ0n) is 11.8. The van der Waals surface area contributed by atoms with E-state index in [1.165, 1.54) is 11.1 Å². The molecule has 1 aliphatic heterocycles. The lowest BCUT2D eigenvalue weighted by Gasteiger charge is -2.28. The third-order valence-corrected chi connectivity index (χ3v) is 3.19. The van der Waals surface area contributed by atoms with Crippen LogP contribution in [0.15, 0.2) is 23.3 Å². The molecular weight excluding hydrogens is 243 g/mol. The molecule has 19 heavy (non-hydrogen) atoms. The van der Waals surface area contributed by atoms with Gasteiger partial charge >= 0.3 is 0 Å². The van der Waals surface area contributed by atoms with Gasteiger partial charge in [0.05, 0.1) is 6.04 Å². The lowest BCUT2D eigenvalue weighted by atomic mass is 9.93. The fourth-order valence-corrected chi connectivity index (χ4v) is 2.11. The van der Waals surface area contributed by atoms with E-state index in [0.717, 1.165) is 5.56 Å². The molecule has 2 rings (SSSR count). The number of hydrogen-bond acceptors (Lipinski definition) is 2. The highest BCUT2D eigenvalue weighted by molar-refractivity contribution is 5.84. The monoisotopic (exact) mass is 262 g/mol. The van der Waals surface area contributed by atoms with Crippen molar-refractivity contribution in [2.24, 2.45) is 10.5 Å². The Morgan fingerprint density at radius 3 is 2.68 bits per heavy atom. The summed E-state index contributed by atoms with van der Waals surface area (Å²) in [6.07, 6.45) is 2.23. The molecule has 1 aromatic carbocycles. The Balaban J connectivity index is 2.32. The predicted molar refractivity (Wildman–Crippen MR) is 73.3 cm³/mol. The van der Waals surface area contributed by atoms with Crippen LogP contribution in [0.5, 0.6) is 0 Å². The quantitative estimate of drug-likeness (QED) is 0.763. The van der Waals surface area contributed by atoms with Crippen LogP contribution in [-0.4, -0.2) is 17.1 Å². The highest BCUT2D eigenvalue weighted by Crippen LogP contribution is 2.33. The zero-order chi connectivity index (χ0) is 14.2. The van der Waals surface area contributed by atoms with E-state index in [-0.39, 0.29) is 17.8 Å². The van der Waals surface area contributed by atoms with Crippen LogP contribution in [0.1, 0.15) is 44.4 Å². The lowest BCUT2D eigenvalue weighted by Crippen LogP contribution is -2.36. The van der Waals surface area contributed by atoms with E-state index in [0.29, 0.717) is 12.0 Å². The predicted octanol–water partition coefficient (Wildman–Crippen LogP) is 3.44. The van der Waals surface area contributed by atoms with E-state index in [4.69, 9.17) is 0 Å². The third-order valence-electron chi connectivity index (χ3n) is 3.19. The number of carbonyl (C=O) groups excluding carboxylic acids is 1. The number of hydrazone groups is 1. The average Bonchev–Trinajstić information content (AvgIpc) is 2.75. The van der Waals surface area contributed by atoms with E-state index < -0.39 is 5.41 Å². The molecule has 0 saturated heterocycles. The number of hydrogen-bond donors (Lipinski definition) is 0. The van der Waals surface area contributed by atoms with Gasteiger partial charge in [-0.05, 0) is 18.6 Å². The van der Waals surface area contributed by atoms with Gasteiger partial charge in [0.15, 0.2) is 0 Å². The second-order valence-electron chi connectivity index (χ2n) is 5.97. The first-order chi connectivity index (χ1) is 8.80. The van der Waals surface area contributed by atoms with E-state index in [1.54, 1.807) is 12.3 Å². The summed E-state index contributed by atoms with van der Waals surface area (Å²) >= 11 is 0. The molecule has 102 valence electrons. The van der Waals surface area contributed by atoms with Crippen LogP contribution in [0.3, 0.4) is 0 Å². The molecule has 0 spiro atoms. The van der Waals surface area contributed by atoms with Crippen LogP contribution in [-0.2, 0) is 4.79 Å². The molecule has 1 heterocycles. The standard InChI is InChI=1S/C15H19FN2O/c1-10-5-6-11(12(16)9-10)13-7-8-17-18(13)14(19)15(2,3)4/h5-6,8-9,13H,7H2,1-4H3. The number of aryl methyl sites for hydroxylation is 1. The van der Waals surface area contributed by atoms with Crippen LogP contribution >= 0.6 is 0 Å². The van der Waals surface area contributed by atoms with Crippen molar-refractivity contribution >= 4 is 12.1 Å². The molecule has 0 bridgehead atoms. The minimum atomic E-state index is -0.527. The van der Waals surface area contributed by atoms with Crippen molar-refractivity contribution in [3.05, 3.63) is 35.1 Å². The molecule has 1 unspecified atom stereocenters. The highest BCUT2D eigenvalue weighted by Gasteiger charge is 2.35. The number of amides is 1. The number of rotatable bonds is 1. The lowest BCUT2D eigenvalue weighted by molar-refractivity contribution is -0.141. The van der Waals surface area contributed by atoms with Crippen LogP contribution < -0.4 is 0 Å². The summed E-state index contributed by atoms with van der Waals surface area (Å²) in [4.78, 5) is 12.3. The normalized spacial score (nSPS) is 19.0. The Morgan fingerprint density at radius 2 is 2.11 bits per heavy atom. The van der Waals surface area contributed by atoms with Gasteiger partial charge in [-0.25, -0.2) is 9.40 Å². The molecule has 0 aliphatic carbocycles. The van der Waals surface area contributed by atoms with Gasteiger partial charge in [-0.3, -0.25) is 4.79 Å². The second-order valence-corrected chi connectivity index (χ2v) is 5.97. The van der Waals surface area contributed by atoms with Crippen LogP contribution in [0.25, 0.3) is 0 Å². The number of halogens is 1. The summed E-state index contributed by atoms with van der Waals surface area (Å²) in [5.41, 5.74) is 0.871. The van der Waals surface area contributed by atoms with Gasteiger partial charge in [-0.15, -0.1) is 0 Å². The molecule has 1 aromatic rings. The Labute approximate surface area is 113 Å². The maximum Gasteiger partial charge on any atom is 0.248 e. The van der Waals surface area contributed by atoms with Gasteiger partial charge in [0.2, 0.25) is 5.91 Å². The van der Waals surface area contributed by atoms with E-state index in [2.05, 4.69) is 5.10 Å². The summed E-state index contributed by atoms with van der Waals surface area (Å²) in [6.45, 7) is 7.36. The Morgan fingerprint density at radius 1 is 1.42 bits per heavy atom. The minimum absolute atomic E-state index is 0.0915. The second kappa shape index (κ2) is 4.76. The van der Waals surface area contributed by atoms with Crippen molar-refractivity contribution in [1.82, 2.24) is 5.01 Å². The molecule has 1 aliphatic rings. The van der Waals surface area contributed by atoms with Gasteiger partial charge in [0.25, 0.3) is 0 Å². The van der Waals surface area contributed by atoms with Gasteiger partial charge in [0, 0.05) is 23.6 Å². The summed E-state index contributed by atoms with van der Waals surface area (Å²) in [5, 5.41) is 5.53. The summed E-state index contributed by atoms with van der Waals surface area (Å²) < 4.78 is 14.0. The zero-order valence-corrected chi connectivity index (χ0v) is 11.8. The average molecular weight is 262 g/mol. The molecule has 4 heteroatoms. The minimum Gasteiger partial charge on any atom is -0.272 e. The van der Waals surface area contributed by atoms with E-state index >= 15 is 0 Å². The fraction of sp³-hybridized carbons (Fsp3) is 0.467. The Kier molecular flexibility index (Phi) is 3.43. The van der Waals surface area contributed by atoms with Crippen molar-refractivity contribution in [3.63, 3.8) is 0 Å². The molecular formula is C15H19FN2O. The fourth-order valence-electron chi connectivity index (χ4n) is 2.11. The van der Waals surface area contributed by atoms with Crippen molar-refractivity contribution < 1.29 is 9.18 Å². The number of carbonyl (C=O) groups is 1. The molecule has 0 radical (unpaired) electrons. The maximum absolute atomic E-state index is 14.0. The molecule has 1 amide bonds. The molecule has 0 aromatic heterocycles. The third kappa shape index (κ3) is 2.67. The van der Waals surface area contributed by atoms with Crippen molar-refractivity contribution in [3.8, 4) is 0 Å². The summed E-state index contributed by atoms with van der Waals surface area (Å²) in [5.74, 6) is -0.367. The molecule has 0 saturated carbocycles. The van der Waals surface area contributed by atoms with Crippen molar-refractivity contribution in [1.29, 1.82) is 0 Å². The summed E-state index contributed by atoms with van der Waals surface area (Å²) in [6, 6.07) is 4.77. The number of nitrogens with zero attached hydrogens (tertiary/aromatic N) is 2. The van der Waals surface area contributed by atoms with Crippen LogP contribution in [0, 0.1) is 18.2 Å². The van der Waals surface area contributed by atoms with Gasteiger partial charge < -0.3 is 0 Å². The van der Waals surface area contributed by atoms with E-state index in [9.17, 15) is 9.18 Å². The van der Waals surface area contributed by atoms with Crippen molar-refractivity contribution in [2.45, 2.75) is 40.2 Å². The van der Waals surface area contributed by atoms with Gasteiger partial charge in [0.1, 0.15) is 5.82 Å². The molecule has 1 atom stereocenters. The van der Waals surface area contributed by atoms with Crippen LogP contribution in [0.4, 0.5) is 4.39 Å². The first-order valence-electron chi connectivity index (χ1n) is 6.43. The molecule has 0 N–H and O–H groups in total. The topological polar surface area (TPSA) is 32.7 Å². The summed E-state index contributed by atoms with van der Waals surface area (Å²) in [7, 11) is 0. The van der Waals surface area contributed by atoms with Crippen molar-refractivity contribution in [2.75, 3.05) is 0 Å². The maximum atomic E-state index is 14.0. The van der Waals surface area contributed by atoms with E-state index in [1.807, 2.05) is 33.8 Å². The first kappa shape index (κ1) is 13.7. The first-order valence-corrected chi connectivity index (χ1v) is 6.43. The molecule has 3 nitrogen and oxygen atoms in total. The SMILES string of the molecule is Cc1ccc(C2CC=NN2C(=O)C(C)(C)C)c(F)c1. The number of benzene rings is 1. The largest absolute Gasteiger partial charge is 0.272 e. The van der Waals surface area contributed by atoms with Gasteiger partial charge in [-0.2, -0.15) is 5.10 Å².